The Labute approximate surface area is 95.8 Å². The van der Waals surface area contributed by atoms with Gasteiger partial charge in [0.25, 0.3) is 0 Å². The Morgan fingerprint density at radius 3 is 3.06 bits per heavy atom. The molecule has 1 aromatic rings. The molecule has 1 unspecified atom stereocenters. The fourth-order valence-electron chi connectivity index (χ4n) is 1.78. The summed E-state index contributed by atoms with van der Waals surface area (Å²) in [7, 11) is 2.11. The predicted octanol–water partition coefficient (Wildman–Crippen LogP) is 0.528. The molecule has 88 valence electrons. The Kier molecular flexibility index (Phi) is 3.69. The van der Waals surface area contributed by atoms with Crippen molar-refractivity contribution >= 4 is 5.82 Å². The molecule has 0 aromatic carbocycles. The Morgan fingerprint density at radius 2 is 2.31 bits per heavy atom. The first kappa shape index (κ1) is 11.3. The number of anilines is 1. The van der Waals surface area contributed by atoms with E-state index >= 15 is 0 Å². The molecule has 16 heavy (non-hydrogen) atoms. The summed E-state index contributed by atoms with van der Waals surface area (Å²) < 4.78 is 5.66. The third-order valence-electron chi connectivity index (χ3n) is 2.72. The molecule has 5 nitrogen and oxygen atoms in total. The van der Waals surface area contributed by atoms with Gasteiger partial charge in [-0.15, -0.1) is 0 Å². The lowest BCUT2D eigenvalue weighted by molar-refractivity contribution is -0.0117. The SMILES string of the molecule is Cc1nccnc1NCC1CN(C)CCO1. The molecule has 1 atom stereocenters. The Bertz CT molecular complexity index is 345. The number of nitrogens with one attached hydrogen (secondary N) is 1. The number of nitrogens with zero attached hydrogens (tertiary/aromatic N) is 3. The molecule has 0 saturated carbocycles. The highest BCUT2D eigenvalue weighted by Gasteiger charge is 2.17. The minimum absolute atomic E-state index is 0.236. The summed E-state index contributed by atoms with van der Waals surface area (Å²) in [6, 6.07) is 0. The van der Waals surface area contributed by atoms with Gasteiger partial charge in [-0.05, 0) is 14.0 Å². The van der Waals surface area contributed by atoms with Crippen LogP contribution in [0.15, 0.2) is 12.4 Å². The van der Waals surface area contributed by atoms with E-state index in [0.29, 0.717) is 0 Å². The summed E-state index contributed by atoms with van der Waals surface area (Å²) in [4.78, 5) is 10.7. The van der Waals surface area contributed by atoms with Gasteiger partial charge in [0, 0.05) is 32.0 Å². The van der Waals surface area contributed by atoms with Gasteiger partial charge in [0.1, 0.15) is 5.82 Å². The van der Waals surface area contributed by atoms with Gasteiger partial charge < -0.3 is 15.0 Å². The minimum Gasteiger partial charge on any atom is -0.374 e. The van der Waals surface area contributed by atoms with E-state index < -0.39 is 0 Å². The van der Waals surface area contributed by atoms with Crippen molar-refractivity contribution in [1.29, 1.82) is 0 Å². The normalized spacial score (nSPS) is 22.0. The first-order chi connectivity index (χ1) is 7.75. The molecule has 2 rings (SSSR count). The second-order valence-corrected chi connectivity index (χ2v) is 4.13. The summed E-state index contributed by atoms with van der Waals surface area (Å²) in [6.45, 7) is 5.52. The van der Waals surface area contributed by atoms with Gasteiger partial charge in [-0.25, -0.2) is 4.98 Å². The number of ether oxygens (including phenoxy) is 1. The quantitative estimate of drug-likeness (QED) is 0.808. The summed E-state index contributed by atoms with van der Waals surface area (Å²) in [5, 5.41) is 3.28. The molecular formula is C11H18N4O. The van der Waals surface area contributed by atoms with Crippen LogP contribution in [0.3, 0.4) is 0 Å². The van der Waals surface area contributed by atoms with E-state index in [0.717, 1.165) is 37.8 Å². The van der Waals surface area contributed by atoms with Gasteiger partial charge in [0.15, 0.2) is 0 Å². The van der Waals surface area contributed by atoms with Crippen LogP contribution in [-0.4, -0.2) is 54.3 Å². The van der Waals surface area contributed by atoms with Crippen molar-refractivity contribution in [3.63, 3.8) is 0 Å². The van der Waals surface area contributed by atoms with Crippen LogP contribution in [0.25, 0.3) is 0 Å². The number of likely N-dealkylation sites (N-methyl/N-ethyl adjacent to an activating group) is 1. The molecule has 5 heteroatoms. The highest BCUT2D eigenvalue weighted by atomic mass is 16.5. The van der Waals surface area contributed by atoms with Crippen LogP contribution in [0.2, 0.25) is 0 Å². The summed E-state index contributed by atoms with van der Waals surface area (Å²) in [6.07, 6.45) is 3.63. The average Bonchev–Trinajstić information content (AvgIpc) is 2.28. The Hall–Kier alpha value is -1.20. The van der Waals surface area contributed by atoms with Crippen LogP contribution < -0.4 is 5.32 Å². The molecule has 1 aromatic heterocycles. The molecule has 1 aliphatic heterocycles. The molecule has 0 bridgehead atoms. The molecule has 1 saturated heterocycles. The lowest BCUT2D eigenvalue weighted by Crippen LogP contribution is -2.43. The van der Waals surface area contributed by atoms with Gasteiger partial charge in [0.05, 0.1) is 18.4 Å². The predicted molar refractivity (Wildman–Crippen MR) is 62.5 cm³/mol. The average molecular weight is 222 g/mol. The van der Waals surface area contributed by atoms with E-state index in [4.69, 9.17) is 4.74 Å². The summed E-state index contributed by atoms with van der Waals surface area (Å²) in [5.74, 6) is 0.847. The van der Waals surface area contributed by atoms with Crippen LogP contribution >= 0.6 is 0 Å². The van der Waals surface area contributed by atoms with Crippen molar-refractivity contribution in [2.75, 3.05) is 38.6 Å². The van der Waals surface area contributed by atoms with Crippen LogP contribution in [0.4, 0.5) is 5.82 Å². The lowest BCUT2D eigenvalue weighted by Gasteiger charge is -2.30. The maximum Gasteiger partial charge on any atom is 0.147 e. The third kappa shape index (κ3) is 2.90. The second kappa shape index (κ2) is 5.23. The largest absolute Gasteiger partial charge is 0.374 e. The molecule has 0 radical (unpaired) electrons. The zero-order valence-electron chi connectivity index (χ0n) is 9.81. The lowest BCUT2D eigenvalue weighted by atomic mass is 10.3. The van der Waals surface area contributed by atoms with E-state index in [-0.39, 0.29) is 6.10 Å². The molecule has 2 heterocycles. The number of aryl methyl sites for hydroxylation is 1. The van der Waals surface area contributed by atoms with Gasteiger partial charge >= 0.3 is 0 Å². The number of hydrogen-bond acceptors (Lipinski definition) is 5. The zero-order valence-corrected chi connectivity index (χ0v) is 9.81. The number of morpholine rings is 1. The van der Waals surface area contributed by atoms with Crippen molar-refractivity contribution < 1.29 is 4.74 Å². The topological polar surface area (TPSA) is 50.3 Å². The fraction of sp³-hybridized carbons (Fsp3) is 0.636. The second-order valence-electron chi connectivity index (χ2n) is 4.13. The molecule has 0 spiro atoms. The Morgan fingerprint density at radius 1 is 1.50 bits per heavy atom. The van der Waals surface area contributed by atoms with Gasteiger partial charge in [0.2, 0.25) is 0 Å². The Balaban J connectivity index is 1.85. The maximum atomic E-state index is 5.66. The number of hydrogen-bond donors (Lipinski definition) is 1. The molecule has 0 aliphatic carbocycles. The summed E-state index contributed by atoms with van der Waals surface area (Å²) >= 11 is 0. The smallest absolute Gasteiger partial charge is 0.147 e. The van der Waals surface area contributed by atoms with Crippen molar-refractivity contribution in [1.82, 2.24) is 14.9 Å². The zero-order chi connectivity index (χ0) is 11.4. The molecule has 0 amide bonds. The highest BCUT2D eigenvalue weighted by Crippen LogP contribution is 2.08. The van der Waals surface area contributed by atoms with Crippen LogP contribution in [-0.2, 0) is 4.74 Å². The monoisotopic (exact) mass is 222 g/mol. The van der Waals surface area contributed by atoms with E-state index in [1.807, 2.05) is 6.92 Å². The number of aromatic nitrogens is 2. The first-order valence-electron chi connectivity index (χ1n) is 5.57. The molecule has 1 aliphatic rings. The van der Waals surface area contributed by atoms with Gasteiger partial charge in [-0.2, -0.15) is 0 Å². The van der Waals surface area contributed by atoms with Crippen molar-refractivity contribution in [3.8, 4) is 0 Å². The standard InChI is InChI=1S/C11H18N4O/c1-9-11(13-4-3-12-9)14-7-10-8-15(2)5-6-16-10/h3-4,10H,5-8H2,1-2H3,(H,13,14). The van der Waals surface area contributed by atoms with Gasteiger partial charge in [-0.3, -0.25) is 4.98 Å². The van der Waals surface area contributed by atoms with Crippen LogP contribution in [0.1, 0.15) is 5.69 Å². The maximum absolute atomic E-state index is 5.66. The van der Waals surface area contributed by atoms with Gasteiger partial charge in [-0.1, -0.05) is 0 Å². The van der Waals surface area contributed by atoms with E-state index in [1.165, 1.54) is 0 Å². The third-order valence-corrected chi connectivity index (χ3v) is 2.72. The molecule has 1 N–H and O–H groups in total. The van der Waals surface area contributed by atoms with Crippen molar-refractivity contribution in [2.24, 2.45) is 0 Å². The van der Waals surface area contributed by atoms with Crippen molar-refractivity contribution in [2.45, 2.75) is 13.0 Å². The van der Waals surface area contributed by atoms with Crippen LogP contribution in [0, 0.1) is 6.92 Å². The van der Waals surface area contributed by atoms with E-state index in [1.54, 1.807) is 12.4 Å². The minimum atomic E-state index is 0.236. The van der Waals surface area contributed by atoms with Crippen LogP contribution in [0.5, 0.6) is 0 Å². The molecular weight excluding hydrogens is 204 g/mol. The van der Waals surface area contributed by atoms with E-state index in [2.05, 4.69) is 27.2 Å². The van der Waals surface area contributed by atoms with E-state index in [9.17, 15) is 0 Å². The first-order valence-corrected chi connectivity index (χ1v) is 5.57. The summed E-state index contributed by atoms with van der Waals surface area (Å²) in [5.41, 5.74) is 0.923. The number of rotatable bonds is 3. The fourth-order valence-corrected chi connectivity index (χ4v) is 1.78. The highest BCUT2D eigenvalue weighted by molar-refractivity contribution is 5.38. The molecule has 1 fully saturated rings. The van der Waals surface area contributed by atoms with Crippen molar-refractivity contribution in [3.05, 3.63) is 18.1 Å².